The van der Waals surface area contributed by atoms with Gasteiger partial charge in [-0.25, -0.2) is 0 Å². The average Bonchev–Trinajstić information content (AvgIpc) is 2.64. The quantitative estimate of drug-likeness (QED) is 0.860. The summed E-state index contributed by atoms with van der Waals surface area (Å²) in [7, 11) is 1.98. The Morgan fingerprint density at radius 1 is 1.40 bits per heavy atom. The summed E-state index contributed by atoms with van der Waals surface area (Å²) in [6, 6.07) is 6.16. The van der Waals surface area contributed by atoms with Crippen molar-refractivity contribution in [1.82, 2.24) is 5.32 Å². The van der Waals surface area contributed by atoms with E-state index in [2.05, 4.69) is 27.3 Å². The van der Waals surface area contributed by atoms with E-state index in [1.54, 1.807) is 0 Å². The Morgan fingerprint density at radius 2 is 2.27 bits per heavy atom. The first-order valence-electron chi connectivity index (χ1n) is 5.12. The fourth-order valence-electron chi connectivity index (χ4n) is 1.72. The van der Waals surface area contributed by atoms with Gasteiger partial charge in [-0.15, -0.1) is 0 Å². The predicted octanol–water partition coefficient (Wildman–Crippen LogP) is 3.35. The minimum atomic E-state index is 0.956. The van der Waals surface area contributed by atoms with Crippen LogP contribution < -0.4 is 5.32 Å². The molecule has 1 aromatic heterocycles. The lowest BCUT2D eigenvalue weighted by Gasteiger charge is -1.98. The molecule has 1 heterocycles. The van der Waals surface area contributed by atoms with Crippen LogP contribution in [-0.2, 0) is 6.42 Å². The number of hydrogen-bond acceptors (Lipinski definition) is 2. The molecule has 0 aliphatic carbocycles. The molecule has 0 atom stereocenters. The summed E-state index contributed by atoms with van der Waals surface area (Å²) >= 11 is 3.49. The SMILES string of the molecule is CNCCCc1coc2c(Br)cccc12. The molecule has 0 spiro atoms. The molecule has 2 aromatic rings. The second-order valence-corrected chi connectivity index (χ2v) is 4.44. The largest absolute Gasteiger partial charge is 0.463 e. The topological polar surface area (TPSA) is 25.2 Å². The van der Waals surface area contributed by atoms with Gasteiger partial charge in [0, 0.05) is 5.39 Å². The van der Waals surface area contributed by atoms with Gasteiger partial charge in [-0.2, -0.15) is 0 Å². The lowest BCUT2D eigenvalue weighted by molar-refractivity contribution is 0.605. The van der Waals surface area contributed by atoms with Crippen LogP contribution in [-0.4, -0.2) is 13.6 Å². The number of hydrogen-bond donors (Lipinski definition) is 1. The third kappa shape index (κ3) is 2.24. The number of fused-ring (bicyclic) bond motifs is 1. The lowest BCUT2D eigenvalue weighted by Crippen LogP contribution is -2.08. The zero-order chi connectivity index (χ0) is 10.7. The standard InChI is InChI=1S/C12H14BrNO/c1-14-7-3-4-9-8-15-12-10(9)5-2-6-11(12)13/h2,5-6,8,14H,3-4,7H2,1H3. The highest BCUT2D eigenvalue weighted by Crippen LogP contribution is 2.28. The van der Waals surface area contributed by atoms with Gasteiger partial charge in [0.15, 0.2) is 0 Å². The first-order valence-corrected chi connectivity index (χ1v) is 5.91. The number of benzene rings is 1. The number of aryl methyl sites for hydroxylation is 1. The molecular formula is C12H14BrNO. The predicted molar refractivity (Wildman–Crippen MR) is 66.2 cm³/mol. The summed E-state index contributed by atoms with van der Waals surface area (Å²) in [6.07, 6.45) is 4.06. The molecule has 0 fully saturated rings. The van der Waals surface area contributed by atoms with Crippen molar-refractivity contribution in [2.45, 2.75) is 12.8 Å². The highest BCUT2D eigenvalue weighted by Gasteiger charge is 2.07. The molecule has 1 aromatic carbocycles. The molecule has 2 rings (SSSR count). The Balaban J connectivity index is 2.25. The number of halogens is 1. The van der Waals surface area contributed by atoms with Gasteiger partial charge in [0.05, 0.1) is 10.7 Å². The van der Waals surface area contributed by atoms with Crippen molar-refractivity contribution in [3.63, 3.8) is 0 Å². The van der Waals surface area contributed by atoms with Gasteiger partial charge >= 0.3 is 0 Å². The molecule has 0 bridgehead atoms. The Hall–Kier alpha value is -0.800. The molecule has 0 radical (unpaired) electrons. The van der Waals surface area contributed by atoms with Gasteiger partial charge in [0.25, 0.3) is 0 Å². The fourth-order valence-corrected chi connectivity index (χ4v) is 2.18. The summed E-state index contributed by atoms with van der Waals surface area (Å²) in [5.74, 6) is 0. The van der Waals surface area contributed by atoms with Gasteiger partial charge in [-0.05, 0) is 54.0 Å². The van der Waals surface area contributed by atoms with Crippen LogP contribution in [0, 0.1) is 0 Å². The van der Waals surface area contributed by atoms with E-state index in [1.165, 1.54) is 10.9 Å². The Labute approximate surface area is 97.8 Å². The van der Waals surface area contributed by atoms with Crippen LogP contribution >= 0.6 is 15.9 Å². The lowest BCUT2D eigenvalue weighted by atomic mass is 10.1. The molecule has 0 amide bonds. The Bertz CT molecular complexity index is 450. The second kappa shape index (κ2) is 4.81. The zero-order valence-corrected chi connectivity index (χ0v) is 10.3. The zero-order valence-electron chi connectivity index (χ0n) is 8.72. The van der Waals surface area contributed by atoms with E-state index in [9.17, 15) is 0 Å². The molecule has 3 heteroatoms. The van der Waals surface area contributed by atoms with Gasteiger partial charge < -0.3 is 9.73 Å². The van der Waals surface area contributed by atoms with Crippen molar-refractivity contribution in [2.24, 2.45) is 0 Å². The third-order valence-corrected chi connectivity index (χ3v) is 3.13. The van der Waals surface area contributed by atoms with Crippen molar-refractivity contribution in [3.8, 4) is 0 Å². The third-order valence-electron chi connectivity index (χ3n) is 2.50. The fraction of sp³-hybridized carbons (Fsp3) is 0.333. The molecule has 1 N–H and O–H groups in total. The maximum Gasteiger partial charge on any atom is 0.148 e. The molecule has 0 unspecified atom stereocenters. The first kappa shape index (κ1) is 10.7. The van der Waals surface area contributed by atoms with E-state index < -0.39 is 0 Å². The normalized spacial score (nSPS) is 11.1. The van der Waals surface area contributed by atoms with Gasteiger partial charge in [0.1, 0.15) is 5.58 Å². The average molecular weight is 268 g/mol. The highest BCUT2D eigenvalue weighted by atomic mass is 79.9. The summed E-state index contributed by atoms with van der Waals surface area (Å²) < 4.78 is 6.57. The Kier molecular flexibility index (Phi) is 3.44. The molecule has 80 valence electrons. The van der Waals surface area contributed by atoms with E-state index in [1.807, 2.05) is 25.4 Å². The molecule has 0 aliphatic rings. The van der Waals surface area contributed by atoms with Crippen molar-refractivity contribution in [1.29, 1.82) is 0 Å². The van der Waals surface area contributed by atoms with E-state index in [0.29, 0.717) is 0 Å². The summed E-state index contributed by atoms with van der Waals surface area (Å²) in [5.41, 5.74) is 2.25. The molecule has 2 nitrogen and oxygen atoms in total. The van der Waals surface area contributed by atoms with Crippen molar-refractivity contribution in [3.05, 3.63) is 34.5 Å². The maximum atomic E-state index is 5.54. The van der Waals surface area contributed by atoms with Crippen LogP contribution in [0.4, 0.5) is 0 Å². The molecule has 0 saturated heterocycles. The van der Waals surface area contributed by atoms with E-state index in [4.69, 9.17) is 4.42 Å². The van der Waals surface area contributed by atoms with Crippen LogP contribution in [0.2, 0.25) is 0 Å². The van der Waals surface area contributed by atoms with Crippen LogP contribution in [0.3, 0.4) is 0 Å². The van der Waals surface area contributed by atoms with Gasteiger partial charge in [-0.3, -0.25) is 0 Å². The number of para-hydroxylation sites is 1. The first-order chi connectivity index (χ1) is 7.33. The van der Waals surface area contributed by atoms with Gasteiger partial charge in [-0.1, -0.05) is 12.1 Å². The number of furan rings is 1. The van der Waals surface area contributed by atoms with Crippen molar-refractivity contribution < 1.29 is 4.42 Å². The smallest absolute Gasteiger partial charge is 0.148 e. The van der Waals surface area contributed by atoms with Gasteiger partial charge in [0.2, 0.25) is 0 Å². The number of nitrogens with one attached hydrogen (secondary N) is 1. The molecular weight excluding hydrogens is 254 g/mol. The monoisotopic (exact) mass is 267 g/mol. The van der Waals surface area contributed by atoms with E-state index in [-0.39, 0.29) is 0 Å². The van der Waals surface area contributed by atoms with Crippen molar-refractivity contribution >= 4 is 26.9 Å². The number of rotatable bonds is 4. The summed E-state index contributed by atoms with van der Waals surface area (Å²) in [6.45, 7) is 1.04. The van der Waals surface area contributed by atoms with Crippen LogP contribution in [0.15, 0.2) is 33.4 Å². The summed E-state index contributed by atoms with van der Waals surface area (Å²) in [5, 5.41) is 4.37. The highest BCUT2D eigenvalue weighted by molar-refractivity contribution is 9.10. The van der Waals surface area contributed by atoms with E-state index in [0.717, 1.165) is 29.4 Å². The van der Waals surface area contributed by atoms with E-state index >= 15 is 0 Å². The second-order valence-electron chi connectivity index (χ2n) is 3.58. The molecule has 0 aliphatic heterocycles. The minimum Gasteiger partial charge on any atom is -0.463 e. The molecule has 15 heavy (non-hydrogen) atoms. The molecule has 0 saturated carbocycles. The van der Waals surface area contributed by atoms with Crippen LogP contribution in [0.25, 0.3) is 11.0 Å². The van der Waals surface area contributed by atoms with Crippen molar-refractivity contribution in [2.75, 3.05) is 13.6 Å². The minimum absolute atomic E-state index is 0.956. The maximum absolute atomic E-state index is 5.54. The Morgan fingerprint density at radius 3 is 3.07 bits per heavy atom. The van der Waals surface area contributed by atoms with Crippen LogP contribution in [0.5, 0.6) is 0 Å². The van der Waals surface area contributed by atoms with Crippen LogP contribution in [0.1, 0.15) is 12.0 Å². The summed E-state index contributed by atoms with van der Waals surface area (Å²) in [4.78, 5) is 0.